The second-order valence-corrected chi connectivity index (χ2v) is 7.32. The predicted octanol–water partition coefficient (Wildman–Crippen LogP) is 1.18. The number of sulfonamides is 1. The number of nitrogens with one attached hydrogen (secondary N) is 1. The van der Waals surface area contributed by atoms with E-state index in [0.29, 0.717) is 12.6 Å². The molecule has 100 valence electrons. The minimum atomic E-state index is -3.36. The molecule has 4 nitrogen and oxygen atoms in total. The maximum atomic E-state index is 10.8. The highest BCUT2D eigenvalue weighted by Crippen LogP contribution is 2.24. The zero-order chi connectivity index (χ0) is 13.2. The van der Waals surface area contributed by atoms with Gasteiger partial charge in [0.25, 0.3) is 0 Å². The average molecular weight is 333 g/mol. The Hall–Kier alpha value is -0.430. The van der Waals surface area contributed by atoms with Crippen molar-refractivity contribution < 1.29 is 8.42 Å². The van der Waals surface area contributed by atoms with Crippen molar-refractivity contribution in [3.8, 4) is 0 Å². The molecule has 0 heterocycles. The second-order valence-electron chi connectivity index (χ2n) is 4.67. The van der Waals surface area contributed by atoms with Gasteiger partial charge in [-0.3, -0.25) is 0 Å². The second kappa shape index (κ2) is 5.69. The standard InChI is InChI=1S/C12H17BrN2O2S/c13-11-3-1-10-8-12(4-2-9(10)7-11)15-5-6-18(14,16)17/h1,3,7,12,15H,2,4-6,8H2,(H2,14,16,17). The molecular formula is C12H17BrN2O2S. The number of hydrogen-bond donors (Lipinski definition) is 2. The molecule has 0 aliphatic heterocycles. The molecule has 1 aromatic rings. The Bertz CT molecular complexity index is 531. The van der Waals surface area contributed by atoms with Crippen molar-refractivity contribution in [1.82, 2.24) is 5.32 Å². The summed E-state index contributed by atoms with van der Waals surface area (Å²) in [5.74, 6) is -0.00328. The van der Waals surface area contributed by atoms with Crippen molar-refractivity contribution in [3.63, 3.8) is 0 Å². The molecule has 1 unspecified atom stereocenters. The Balaban J connectivity index is 1.90. The van der Waals surface area contributed by atoms with Gasteiger partial charge in [-0.05, 0) is 42.5 Å². The molecule has 1 aliphatic carbocycles. The van der Waals surface area contributed by atoms with Crippen LogP contribution in [-0.2, 0) is 22.9 Å². The number of benzene rings is 1. The molecule has 0 radical (unpaired) electrons. The molecule has 0 spiro atoms. The van der Waals surface area contributed by atoms with Crippen LogP contribution in [0.3, 0.4) is 0 Å². The van der Waals surface area contributed by atoms with E-state index in [1.54, 1.807) is 0 Å². The molecule has 1 atom stereocenters. The van der Waals surface area contributed by atoms with Crippen molar-refractivity contribution in [3.05, 3.63) is 33.8 Å². The number of hydrogen-bond acceptors (Lipinski definition) is 3. The Morgan fingerprint density at radius 3 is 2.89 bits per heavy atom. The van der Waals surface area contributed by atoms with Crippen molar-refractivity contribution in [1.29, 1.82) is 0 Å². The number of nitrogens with two attached hydrogens (primary N) is 1. The van der Waals surface area contributed by atoms with E-state index >= 15 is 0 Å². The third-order valence-corrected chi connectivity index (χ3v) is 4.48. The molecular weight excluding hydrogens is 316 g/mol. The summed E-state index contributed by atoms with van der Waals surface area (Å²) in [6.07, 6.45) is 3.02. The van der Waals surface area contributed by atoms with Crippen LogP contribution in [0.5, 0.6) is 0 Å². The van der Waals surface area contributed by atoms with Crippen LogP contribution in [0.15, 0.2) is 22.7 Å². The summed E-state index contributed by atoms with van der Waals surface area (Å²) in [6.45, 7) is 0.426. The van der Waals surface area contributed by atoms with Crippen LogP contribution in [-0.4, -0.2) is 26.8 Å². The lowest BCUT2D eigenvalue weighted by atomic mass is 9.88. The van der Waals surface area contributed by atoms with Crippen molar-refractivity contribution in [2.75, 3.05) is 12.3 Å². The molecule has 2 rings (SSSR count). The first-order valence-electron chi connectivity index (χ1n) is 5.95. The quantitative estimate of drug-likeness (QED) is 0.869. The molecule has 0 fully saturated rings. The number of primary sulfonamides is 1. The zero-order valence-corrected chi connectivity index (χ0v) is 12.4. The Labute approximate surface area is 116 Å². The van der Waals surface area contributed by atoms with Gasteiger partial charge in [0.15, 0.2) is 0 Å². The van der Waals surface area contributed by atoms with Gasteiger partial charge in [-0.15, -0.1) is 0 Å². The van der Waals surface area contributed by atoms with Gasteiger partial charge in [0, 0.05) is 17.1 Å². The van der Waals surface area contributed by atoms with Gasteiger partial charge in [0.05, 0.1) is 5.75 Å². The van der Waals surface area contributed by atoms with Gasteiger partial charge in [-0.1, -0.05) is 22.0 Å². The highest BCUT2D eigenvalue weighted by atomic mass is 79.9. The fourth-order valence-electron chi connectivity index (χ4n) is 2.30. The van der Waals surface area contributed by atoms with E-state index in [2.05, 4.69) is 33.4 Å². The molecule has 18 heavy (non-hydrogen) atoms. The first-order chi connectivity index (χ1) is 8.44. The minimum Gasteiger partial charge on any atom is -0.313 e. The van der Waals surface area contributed by atoms with Gasteiger partial charge in [0.1, 0.15) is 0 Å². The molecule has 0 saturated carbocycles. The normalized spacial score (nSPS) is 19.6. The smallest absolute Gasteiger partial charge is 0.210 e. The largest absolute Gasteiger partial charge is 0.313 e. The van der Waals surface area contributed by atoms with Gasteiger partial charge in [0.2, 0.25) is 10.0 Å². The highest BCUT2D eigenvalue weighted by Gasteiger charge is 2.18. The number of rotatable bonds is 4. The third-order valence-electron chi connectivity index (χ3n) is 3.22. The summed E-state index contributed by atoms with van der Waals surface area (Å²) in [5, 5.41) is 8.23. The summed E-state index contributed by atoms with van der Waals surface area (Å²) in [4.78, 5) is 0. The topological polar surface area (TPSA) is 72.2 Å². The summed E-state index contributed by atoms with van der Waals surface area (Å²) in [7, 11) is -3.36. The van der Waals surface area contributed by atoms with Crippen LogP contribution >= 0.6 is 15.9 Å². The van der Waals surface area contributed by atoms with Gasteiger partial charge < -0.3 is 5.32 Å². The minimum absolute atomic E-state index is 0.00328. The number of halogens is 1. The summed E-state index contributed by atoms with van der Waals surface area (Å²) >= 11 is 3.47. The van der Waals surface area contributed by atoms with E-state index in [-0.39, 0.29) is 5.75 Å². The van der Waals surface area contributed by atoms with Crippen molar-refractivity contribution in [2.45, 2.75) is 25.3 Å². The van der Waals surface area contributed by atoms with Crippen molar-refractivity contribution in [2.24, 2.45) is 5.14 Å². The molecule has 0 bridgehead atoms. The molecule has 1 aromatic carbocycles. The number of aryl methyl sites for hydroxylation is 1. The molecule has 0 amide bonds. The van der Waals surface area contributed by atoms with Crippen LogP contribution in [0.2, 0.25) is 0 Å². The van der Waals surface area contributed by atoms with Crippen LogP contribution in [0.4, 0.5) is 0 Å². The lowest BCUT2D eigenvalue weighted by Gasteiger charge is -2.25. The zero-order valence-electron chi connectivity index (χ0n) is 10.0. The van der Waals surface area contributed by atoms with E-state index in [1.165, 1.54) is 11.1 Å². The summed E-state index contributed by atoms with van der Waals surface area (Å²) < 4.78 is 22.8. The summed E-state index contributed by atoms with van der Waals surface area (Å²) in [5.41, 5.74) is 2.73. The fraction of sp³-hybridized carbons (Fsp3) is 0.500. The predicted molar refractivity (Wildman–Crippen MR) is 75.9 cm³/mol. The van der Waals surface area contributed by atoms with E-state index < -0.39 is 10.0 Å². The van der Waals surface area contributed by atoms with Gasteiger partial charge in [-0.25, -0.2) is 13.6 Å². The third kappa shape index (κ3) is 4.05. The highest BCUT2D eigenvalue weighted by molar-refractivity contribution is 9.10. The summed E-state index contributed by atoms with van der Waals surface area (Å²) in [6, 6.07) is 6.69. The SMILES string of the molecule is NS(=O)(=O)CCNC1CCc2cc(Br)ccc2C1. The van der Waals surface area contributed by atoms with Crippen LogP contribution < -0.4 is 10.5 Å². The Kier molecular flexibility index (Phi) is 4.42. The number of fused-ring (bicyclic) bond motifs is 1. The van der Waals surface area contributed by atoms with Crippen molar-refractivity contribution >= 4 is 26.0 Å². The monoisotopic (exact) mass is 332 g/mol. The van der Waals surface area contributed by atoms with E-state index in [9.17, 15) is 8.42 Å². The van der Waals surface area contributed by atoms with Crippen LogP contribution in [0.25, 0.3) is 0 Å². The molecule has 3 N–H and O–H groups in total. The fourth-order valence-corrected chi connectivity index (χ4v) is 3.11. The van der Waals surface area contributed by atoms with E-state index in [0.717, 1.165) is 23.7 Å². The molecule has 1 aliphatic rings. The molecule has 0 saturated heterocycles. The maximum absolute atomic E-state index is 10.8. The first kappa shape index (κ1) is 14.0. The first-order valence-corrected chi connectivity index (χ1v) is 8.46. The van der Waals surface area contributed by atoms with E-state index in [4.69, 9.17) is 5.14 Å². The van der Waals surface area contributed by atoms with Gasteiger partial charge in [-0.2, -0.15) is 0 Å². The lowest BCUT2D eigenvalue weighted by molar-refractivity contribution is 0.469. The maximum Gasteiger partial charge on any atom is 0.210 e. The lowest BCUT2D eigenvalue weighted by Crippen LogP contribution is -2.38. The molecule has 6 heteroatoms. The van der Waals surface area contributed by atoms with E-state index in [1.807, 2.05) is 6.07 Å². The van der Waals surface area contributed by atoms with Crippen LogP contribution in [0, 0.1) is 0 Å². The molecule has 0 aromatic heterocycles. The van der Waals surface area contributed by atoms with Gasteiger partial charge >= 0.3 is 0 Å². The Morgan fingerprint density at radius 2 is 2.17 bits per heavy atom. The van der Waals surface area contributed by atoms with Crippen LogP contribution in [0.1, 0.15) is 17.5 Å². The average Bonchev–Trinajstić information content (AvgIpc) is 2.27. The Morgan fingerprint density at radius 1 is 1.39 bits per heavy atom.